The fourth-order valence-electron chi connectivity index (χ4n) is 4.72. The number of H-pyrrole nitrogens is 1. The van der Waals surface area contributed by atoms with Crippen molar-refractivity contribution < 1.29 is 4.79 Å². The Balaban J connectivity index is 1.54. The van der Waals surface area contributed by atoms with E-state index in [0.717, 1.165) is 66.7 Å². The van der Waals surface area contributed by atoms with Gasteiger partial charge in [0.1, 0.15) is 17.0 Å². The molecule has 4 heterocycles. The van der Waals surface area contributed by atoms with Gasteiger partial charge >= 0.3 is 0 Å². The highest BCUT2D eigenvalue weighted by Gasteiger charge is 2.25. The van der Waals surface area contributed by atoms with E-state index in [9.17, 15) is 4.79 Å². The fourth-order valence-corrected chi connectivity index (χ4v) is 4.72. The lowest BCUT2D eigenvalue weighted by Crippen LogP contribution is -2.35. The molecule has 27 heavy (non-hydrogen) atoms. The van der Waals surface area contributed by atoms with Gasteiger partial charge in [-0.05, 0) is 44.8 Å². The van der Waals surface area contributed by atoms with Crippen LogP contribution in [0.1, 0.15) is 50.4 Å². The van der Waals surface area contributed by atoms with Crippen LogP contribution in [0.5, 0.6) is 0 Å². The molecule has 142 valence electrons. The molecule has 1 aliphatic carbocycles. The van der Waals surface area contributed by atoms with Crippen LogP contribution in [0.4, 0.5) is 0 Å². The first-order chi connectivity index (χ1) is 13.3. The van der Waals surface area contributed by atoms with Gasteiger partial charge in [0.05, 0.1) is 18.1 Å². The maximum Gasteiger partial charge on any atom is 0.227 e. The third kappa shape index (κ3) is 3.10. The number of nitrogens with one attached hydrogen (secondary N) is 3. The van der Waals surface area contributed by atoms with Crippen LogP contribution < -0.4 is 10.6 Å². The minimum atomic E-state index is 0.0886. The smallest absolute Gasteiger partial charge is 0.227 e. The van der Waals surface area contributed by atoms with Gasteiger partial charge in [0.25, 0.3) is 0 Å². The van der Waals surface area contributed by atoms with Crippen LogP contribution >= 0.6 is 0 Å². The molecule has 7 nitrogen and oxygen atoms in total. The Hall–Kier alpha value is -2.41. The van der Waals surface area contributed by atoms with Crippen LogP contribution in [0.2, 0.25) is 0 Å². The number of aromatic nitrogens is 4. The van der Waals surface area contributed by atoms with Gasteiger partial charge in [0.15, 0.2) is 0 Å². The van der Waals surface area contributed by atoms with E-state index in [-0.39, 0.29) is 5.91 Å². The second kappa shape index (κ2) is 6.96. The van der Waals surface area contributed by atoms with E-state index >= 15 is 0 Å². The lowest BCUT2D eigenvalue weighted by molar-refractivity contribution is -0.121. The molecule has 3 aromatic rings. The molecule has 1 aliphatic heterocycles. The van der Waals surface area contributed by atoms with Crippen LogP contribution in [-0.4, -0.2) is 44.6 Å². The third-order valence-electron chi connectivity index (χ3n) is 6.02. The monoisotopic (exact) mass is 366 g/mol. The Kier molecular flexibility index (Phi) is 4.32. The highest BCUT2D eigenvalue weighted by molar-refractivity contribution is 6.01. The standard InChI is InChI=1S/C20H26N6O/c27-18(24-13-3-1-2-4-13)11-17-25-16-12-23-20-15(7-10-22-20)19(16)26(17)14-5-8-21-9-6-14/h7,10,12-14,21H,1-6,8-9,11H2,(H,22,23)(H,24,27). The molecule has 3 aromatic heterocycles. The number of pyridine rings is 1. The molecular formula is C20H26N6O. The molecule has 3 N–H and O–H groups in total. The summed E-state index contributed by atoms with van der Waals surface area (Å²) in [7, 11) is 0. The van der Waals surface area contributed by atoms with E-state index in [1.165, 1.54) is 12.8 Å². The second-order valence-corrected chi connectivity index (χ2v) is 7.84. The number of rotatable bonds is 4. The highest BCUT2D eigenvalue weighted by atomic mass is 16.1. The van der Waals surface area contributed by atoms with Crippen LogP contribution in [0.3, 0.4) is 0 Å². The lowest BCUT2D eigenvalue weighted by Gasteiger charge is -2.26. The summed E-state index contributed by atoms with van der Waals surface area (Å²) in [4.78, 5) is 25.2. The average molecular weight is 366 g/mol. The number of carbonyl (C=O) groups is 1. The number of carbonyl (C=O) groups excluding carboxylic acids is 1. The van der Waals surface area contributed by atoms with Crippen LogP contribution in [0, 0.1) is 0 Å². The highest BCUT2D eigenvalue weighted by Crippen LogP contribution is 2.31. The van der Waals surface area contributed by atoms with Gasteiger partial charge < -0.3 is 20.2 Å². The first-order valence-electron chi connectivity index (χ1n) is 10.1. The van der Waals surface area contributed by atoms with Crippen molar-refractivity contribution in [3.63, 3.8) is 0 Å². The van der Waals surface area contributed by atoms with E-state index in [4.69, 9.17) is 4.98 Å². The van der Waals surface area contributed by atoms with E-state index in [1.807, 2.05) is 12.4 Å². The number of piperidine rings is 1. The Morgan fingerprint density at radius 2 is 2.04 bits per heavy atom. The van der Waals surface area contributed by atoms with Gasteiger partial charge in [-0.15, -0.1) is 0 Å². The van der Waals surface area contributed by atoms with Crippen molar-refractivity contribution in [2.24, 2.45) is 0 Å². The number of imidazole rings is 1. The second-order valence-electron chi connectivity index (χ2n) is 7.84. The Morgan fingerprint density at radius 3 is 2.85 bits per heavy atom. The van der Waals surface area contributed by atoms with Gasteiger partial charge in [-0.3, -0.25) is 4.79 Å². The molecule has 1 saturated carbocycles. The zero-order chi connectivity index (χ0) is 18.2. The zero-order valence-corrected chi connectivity index (χ0v) is 15.5. The normalized spacial score (nSPS) is 19.3. The van der Waals surface area contributed by atoms with Gasteiger partial charge in [0, 0.05) is 23.7 Å². The van der Waals surface area contributed by atoms with Crippen LogP contribution in [0.25, 0.3) is 22.1 Å². The van der Waals surface area contributed by atoms with Crippen molar-refractivity contribution in [3.05, 3.63) is 24.3 Å². The fraction of sp³-hybridized carbons (Fsp3) is 0.550. The Labute approximate surface area is 157 Å². The molecule has 5 rings (SSSR count). The molecule has 2 aliphatic rings. The molecular weight excluding hydrogens is 340 g/mol. The van der Waals surface area contributed by atoms with Gasteiger partial charge in [0.2, 0.25) is 5.91 Å². The summed E-state index contributed by atoms with van der Waals surface area (Å²) in [6.45, 7) is 2.00. The first kappa shape index (κ1) is 16.7. The molecule has 0 bridgehead atoms. The average Bonchev–Trinajstić information content (AvgIpc) is 3.40. The molecule has 0 spiro atoms. The maximum atomic E-state index is 12.7. The molecule has 0 aromatic carbocycles. The largest absolute Gasteiger partial charge is 0.353 e. The van der Waals surface area contributed by atoms with Crippen LogP contribution in [0.15, 0.2) is 18.5 Å². The maximum absolute atomic E-state index is 12.7. The molecule has 7 heteroatoms. The van der Waals surface area contributed by atoms with Gasteiger partial charge in [-0.2, -0.15) is 0 Å². The van der Waals surface area contributed by atoms with Crippen LogP contribution in [-0.2, 0) is 11.2 Å². The molecule has 0 radical (unpaired) electrons. The molecule has 1 amide bonds. The van der Waals surface area contributed by atoms with Crippen molar-refractivity contribution in [1.29, 1.82) is 0 Å². The molecule has 2 fully saturated rings. The van der Waals surface area contributed by atoms with E-state index in [2.05, 4.69) is 31.2 Å². The van der Waals surface area contributed by atoms with E-state index in [1.54, 1.807) is 0 Å². The summed E-state index contributed by atoms with van der Waals surface area (Å²) in [5.41, 5.74) is 2.86. The number of nitrogens with zero attached hydrogens (tertiary/aromatic N) is 3. The quantitative estimate of drug-likeness (QED) is 0.662. The first-order valence-corrected chi connectivity index (χ1v) is 10.1. The summed E-state index contributed by atoms with van der Waals surface area (Å²) >= 11 is 0. The van der Waals surface area contributed by atoms with Gasteiger partial charge in [-0.1, -0.05) is 12.8 Å². The van der Waals surface area contributed by atoms with Gasteiger partial charge in [-0.25, -0.2) is 9.97 Å². The Bertz CT molecular complexity index is 962. The van der Waals surface area contributed by atoms with Crippen molar-refractivity contribution in [2.45, 2.75) is 57.0 Å². The third-order valence-corrected chi connectivity index (χ3v) is 6.02. The zero-order valence-electron chi connectivity index (χ0n) is 15.5. The summed E-state index contributed by atoms with van der Waals surface area (Å²) in [6, 6.07) is 2.77. The van der Waals surface area contributed by atoms with Crippen molar-refractivity contribution in [2.75, 3.05) is 13.1 Å². The number of hydrogen-bond acceptors (Lipinski definition) is 4. The topological polar surface area (TPSA) is 87.6 Å². The minimum absolute atomic E-state index is 0.0886. The summed E-state index contributed by atoms with van der Waals surface area (Å²) < 4.78 is 2.32. The summed E-state index contributed by atoms with van der Waals surface area (Å²) in [5.74, 6) is 0.952. The summed E-state index contributed by atoms with van der Waals surface area (Å²) in [5, 5.41) is 7.73. The van der Waals surface area contributed by atoms with Crippen molar-refractivity contribution >= 4 is 28.0 Å². The van der Waals surface area contributed by atoms with E-state index in [0.29, 0.717) is 18.5 Å². The SMILES string of the molecule is O=C(Cc1nc2cnc3[nH]ccc3c2n1C1CCNCC1)NC1CCCC1. The molecule has 0 unspecified atom stereocenters. The predicted octanol–water partition coefficient (Wildman–Crippen LogP) is 2.44. The number of aromatic amines is 1. The minimum Gasteiger partial charge on any atom is -0.353 e. The number of hydrogen-bond donors (Lipinski definition) is 3. The summed E-state index contributed by atoms with van der Waals surface area (Å²) in [6.07, 6.45) is 10.8. The van der Waals surface area contributed by atoms with Crippen molar-refractivity contribution in [3.8, 4) is 0 Å². The van der Waals surface area contributed by atoms with Crippen molar-refractivity contribution in [1.82, 2.24) is 30.2 Å². The lowest BCUT2D eigenvalue weighted by atomic mass is 10.1. The Morgan fingerprint density at radius 1 is 1.22 bits per heavy atom. The van der Waals surface area contributed by atoms with E-state index < -0.39 is 0 Å². The molecule has 0 atom stereocenters. The molecule has 1 saturated heterocycles. The predicted molar refractivity (Wildman–Crippen MR) is 105 cm³/mol. The number of amides is 1. The number of fused-ring (bicyclic) bond motifs is 3.